The molecule has 0 saturated carbocycles. The Bertz CT molecular complexity index is 1070. The van der Waals surface area contributed by atoms with Gasteiger partial charge in [-0.3, -0.25) is 0 Å². The second-order valence-electron chi connectivity index (χ2n) is 13.8. The van der Waals surface area contributed by atoms with E-state index >= 15 is 0 Å². The molecule has 1 aromatic carbocycles. The van der Waals surface area contributed by atoms with Gasteiger partial charge in [-0.15, -0.1) is 0 Å². The molecule has 4 aliphatic rings. The van der Waals surface area contributed by atoms with E-state index in [1.165, 1.54) is 0 Å². The molecule has 4 heterocycles. The van der Waals surface area contributed by atoms with Crippen LogP contribution in [-0.4, -0.2) is 91.2 Å². The van der Waals surface area contributed by atoms with Gasteiger partial charge in [-0.2, -0.15) is 0 Å². The molecule has 0 N–H and O–H groups in total. The summed E-state index contributed by atoms with van der Waals surface area (Å²) in [6.45, 7) is 14.0. The quantitative estimate of drug-likeness (QED) is 0.0847. The summed E-state index contributed by atoms with van der Waals surface area (Å²) in [7, 11) is 0. The molecule has 0 unspecified atom stereocenters. The average molecular weight is 651 g/mol. The highest BCUT2D eigenvalue weighted by atomic mass is 17.2. The molecule has 5 rings (SSSR count). The van der Waals surface area contributed by atoms with Crippen LogP contribution in [0, 0.1) is 21.7 Å². The van der Waals surface area contributed by atoms with Crippen molar-refractivity contribution < 1.29 is 57.6 Å². The Morgan fingerprint density at radius 3 is 1.09 bits per heavy atom. The molecule has 0 aliphatic carbocycles. The summed E-state index contributed by atoms with van der Waals surface area (Å²) in [5.41, 5.74) is 0.786. The van der Waals surface area contributed by atoms with E-state index in [2.05, 4.69) is 13.8 Å². The van der Waals surface area contributed by atoms with E-state index in [9.17, 15) is 9.59 Å². The molecule has 12 nitrogen and oxygen atoms in total. The molecule has 0 aromatic heterocycles. The minimum Gasteiger partial charge on any atom is -0.461 e. The van der Waals surface area contributed by atoms with Crippen molar-refractivity contribution in [2.24, 2.45) is 21.7 Å². The number of carbonyl (C=O) groups excluding carboxylic acids is 2. The summed E-state index contributed by atoms with van der Waals surface area (Å²) in [6, 6.07) is 3.21. The predicted octanol–water partition coefficient (Wildman–Crippen LogP) is 4.60. The van der Waals surface area contributed by atoms with E-state index in [1.807, 2.05) is 13.8 Å². The van der Waals surface area contributed by atoms with Gasteiger partial charge in [-0.1, -0.05) is 27.7 Å². The molecular weight excluding hydrogens is 600 g/mol. The number of hydrogen-bond donors (Lipinski definition) is 0. The molecule has 0 atom stereocenters. The van der Waals surface area contributed by atoms with E-state index in [1.54, 1.807) is 12.1 Å². The summed E-state index contributed by atoms with van der Waals surface area (Å²) >= 11 is 0. The first-order chi connectivity index (χ1) is 22.2. The average Bonchev–Trinajstić information content (AvgIpc) is 2.99. The molecule has 46 heavy (non-hydrogen) atoms. The summed E-state index contributed by atoms with van der Waals surface area (Å²) in [6.07, 6.45) is 3.41. The summed E-state index contributed by atoms with van der Waals surface area (Å²) in [5, 5.41) is 0. The Morgan fingerprint density at radius 2 is 0.826 bits per heavy atom. The zero-order valence-electron chi connectivity index (χ0n) is 27.8. The number of hydrogen-bond acceptors (Lipinski definition) is 12. The highest BCUT2D eigenvalue weighted by Gasteiger charge is 2.41. The van der Waals surface area contributed by atoms with Crippen LogP contribution in [-0.2, 0) is 61.2 Å². The van der Waals surface area contributed by atoms with Crippen LogP contribution in [0.3, 0.4) is 0 Å². The second-order valence-corrected chi connectivity index (χ2v) is 13.8. The van der Waals surface area contributed by atoms with E-state index < -0.39 is 11.9 Å². The smallest absolute Gasteiger partial charge is 0.339 e. The summed E-state index contributed by atoms with van der Waals surface area (Å²) in [5.74, 6) is -1.25. The SMILES string of the molecule is CCC1(COOCc2cc(C(=O)OCC3(CC)COC3)c(C(=O)OCC3(CC)COC3)cc2COOCC2(CC)COC2)COC1. The molecule has 4 saturated heterocycles. The standard InChI is InChI=1S/C34H50O12/c1-5-31(13-37-14-31)21-41-29(35)27-9-25(11-43-45-23-33(7-3)17-39-18-33)26(12-44-46-24-34(8-4)19-40-20-34)10-28(27)30(36)42-22-32(6-2)15-38-16-32/h9-10H,5-8,11-24H2,1-4H3. The first kappa shape index (κ1) is 35.2. The topological polar surface area (TPSA) is 126 Å². The molecule has 4 aliphatic heterocycles. The Kier molecular flexibility index (Phi) is 11.8. The lowest BCUT2D eigenvalue weighted by atomic mass is 9.84. The highest BCUT2D eigenvalue weighted by molar-refractivity contribution is 6.03. The molecule has 258 valence electrons. The maximum absolute atomic E-state index is 13.6. The Morgan fingerprint density at radius 1 is 0.522 bits per heavy atom. The molecule has 0 radical (unpaired) electrons. The molecule has 12 heteroatoms. The molecule has 0 amide bonds. The number of rotatable bonds is 20. The van der Waals surface area contributed by atoms with Gasteiger partial charge in [0.2, 0.25) is 0 Å². The van der Waals surface area contributed by atoms with Crippen LogP contribution in [0.4, 0.5) is 0 Å². The largest absolute Gasteiger partial charge is 0.461 e. The van der Waals surface area contributed by atoms with E-state index in [-0.39, 0.29) is 59.2 Å². The van der Waals surface area contributed by atoms with Crippen LogP contribution in [0.25, 0.3) is 0 Å². The van der Waals surface area contributed by atoms with Gasteiger partial charge >= 0.3 is 11.9 Å². The van der Waals surface area contributed by atoms with Crippen LogP contribution in [0.2, 0.25) is 0 Å². The molecular formula is C34H50O12. The summed E-state index contributed by atoms with van der Waals surface area (Å²) in [4.78, 5) is 49.7. The van der Waals surface area contributed by atoms with Gasteiger partial charge in [0.15, 0.2) is 0 Å². The Hall–Kier alpha value is -2.16. The zero-order valence-corrected chi connectivity index (χ0v) is 27.8. The molecule has 1 aromatic rings. The van der Waals surface area contributed by atoms with Crippen molar-refractivity contribution in [3.8, 4) is 0 Å². The van der Waals surface area contributed by atoms with Gasteiger partial charge in [-0.05, 0) is 48.9 Å². The summed E-state index contributed by atoms with van der Waals surface area (Å²) < 4.78 is 33.1. The predicted molar refractivity (Wildman–Crippen MR) is 163 cm³/mol. The number of carbonyl (C=O) groups is 2. The third-order valence-corrected chi connectivity index (χ3v) is 10.4. The van der Waals surface area contributed by atoms with Crippen molar-refractivity contribution in [3.63, 3.8) is 0 Å². The highest BCUT2D eigenvalue weighted by Crippen LogP contribution is 2.35. The van der Waals surface area contributed by atoms with Crippen LogP contribution >= 0.6 is 0 Å². The van der Waals surface area contributed by atoms with Crippen LogP contribution in [0.1, 0.15) is 85.2 Å². The normalized spacial score (nSPS) is 21.7. The van der Waals surface area contributed by atoms with Gasteiger partial charge in [-0.25, -0.2) is 29.1 Å². The second kappa shape index (κ2) is 15.4. The minimum absolute atomic E-state index is 0.00467. The fourth-order valence-electron chi connectivity index (χ4n) is 5.55. The van der Waals surface area contributed by atoms with E-state index in [0.29, 0.717) is 77.2 Å². The van der Waals surface area contributed by atoms with Gasteiger partial charge in [0, 0.05) is 10.8 Å². The van der Waals surface area contributed by atoms with Gasteiger partial charge in [0.25, 0.3) is 0 Å². The third-order valence-electron chi connectivity index (χ3n) is 10.4. The fourth-order valence-corrected chi connectivity index (χ4v) is 5.55. The minimum atomic E-state index is -0.624. The van der Waals surface area contributed by atoms with Crippen molar-refractivity contribution in [1.82, 2.24) is 0 Å². The number of esters is 2. The van der Waals surface area contributed by atoms with Crippen LogP contribution in [0.15, 0.2) is 12.1 Å². The van der Waals surface area contributed by atoms with Crippen molar-refractivity contribution in [2.75, 3.05) is 79.3 Å². The van der Waals surface area contributed by atoms with Crippen LogP contribution < -0.4 is 0 Å². The lowest BCUT2D eigenvalue weighted by Crippen LogP contribution is -2.46. The Labute approximate surface area is 271 Å². The maximum Gasteiger partial charge on any atom is 0.339 e. The van der Waals surface area contributed by atoms with Gasteiger partial charge in [0.05, 0.1) is 88.0 Å². The molecule has 0 bridgehead atoms. The lowest BCUT2D eigenvalue weighted by Gasteiger charge is -2.40. The number of ether oxygens (including phenoxy) is 6. The Balaban J connectivity index is 1.35. The van der Waals surface area contributed by atoms with Crippen molar-refractivity contribution in [2.45, 2.75) is 66.6 Å². The van der Waals surface area contributed by atoms with Crippen LogP contribution in [0.5, 0.6) is 0 Å². The van der Waals surface area contributed by atoms with Crippen molar-refractivity contribution in [3.05, 3.63) is 34.4 Å². The molecule has 0 spiro atoms. The first-order valence-corrected chi connectivity index (χ1v) is 16.5. The maximum atomic E-state index is 13.6. The van der Waals surface area contributed by atoms with E-state index in [0.717, 1.165) is 25.7 Å². The zero-order chi connectivity index (χ0) is 32.7. The fraction of sp³-hybridized carbons (Fsp3) is 0.765. The third kappa shape index (κ3) is 7.92. The van der Waals surface area contributed by atoms with E-state index in [4.69, 9.17) is 48.0 Å². The monoisotopic (exact) mass is 650 g/mol. The first-order valence-electron chi connectivity index (χ1n) is 16.5. The van der Waals surface area contributed by atoms with Gasteiger partial charge in [0.1, 0.15) is 26.4 Å². The van der Waals surface area contributed by atoms with Crippen molar-refractivity contribution in [1.29, 1.82) is 0 Å². The van der Waals surface area contributed by atoms with Gasteiger partial charge < -0.3 is 28.4 Å². The lowest BCUT2D eigenvalue weighted by molar-refractivity contribution is -0.339. The number of benzene rings is 1. The molecule has 4 fully saturated rings. The van der Waals surface area contributed by atoms with Crippen molar-refractivity contribution >= 4 is 11.9 Å².